The van der Waals surface area contributed by atoms with Gasteiger partial charge < -0.3 is 19.6 Å². The summed E-state index contributed by atoms with van der Waals surface area (Å²) < 4.78 is 33.9. The summed E-state index contributed by atoms with van der Waals surface area (Å²) in [4.78, 5) is 11.7. The number of aryl methyl sites for hydroxylation is 1. The Labute approximate surface area is 137 Å². The lowest BCUT2D eigenvalue weighted by Crippen LogP contribution is -2.26. The highest BCUT2D eigenvalue weighted by Crippen LogP contribution is 2.20. The molecule has 128 valence electrons. The van der Waals surface area contributed by atoms with Crippen LogP contribution in [-0.2, 0) is 4.79 Å². The second kappa shape index (κ2) is 8.26. The van der Waals surface area contributed by atoms with E-state index in [1.165, 1.54) is 30.4 Å². The molecule has 1 aromatic carbocycles. The summed E-state index contributed by atoms with van der Waals surface area (Å²) in [7, 11) is 0. The molecule has 0 spiro atoms. The topological polar surface area (TPSA) is 71.7 Å². The largest absolute Gasteiger partial charge is 0.462 e. The predicted molar refractivity (Wildman–Crippen MR) is 83.5 cm³/mol. The monoisotopic (exact) mass is 337 g/mol. The van der Waals surface area contributed by atoms with Gasteiger partial charge in [-0.2, -0.15) is 8.78 Å². The van der Waals surface area contributed by atoms with E-state index in [0.717, 1.165) is 5.76 Å². The zero-order valence-electron chi connectivity index (χ0n) is 12.9. The molecular formula is C17H17F2NO4. The summed E-state index contributed by atoms with van der Waals surface area (Å²) >= 11 is 0. The molecule has 0 bridgehead atoms. The Morgan fingerprint density at radius 1 is 1.38 bits per heavy atom. The minimum absolute atomic E-state index is 0.0547. The van der Waals surface area contributed by atoms with Crippen LogP contribution in [0.3, 0.4) is 0 Å². The highest BCUT2D eigenvalue weighted by atomic mass is 19.3. The van der Waals surface area contributed by atoms with E-state index in [1.54, 1.807) is 25.1 Å². The van der Waals surface area contributed by atoms with Gasteiger partial charge >= 0.3 is 6.61 Å². The summed E-state index contributed by atoms with van der Waals surface area (Å²) in [6.45, 7) is -1.22. The van der Waals surface area contributed by atoms with E-state index in [2.05, 4.69) is 10.1 Å². The van der Waals surface area contributed by atoms with Crippen LogP contribution in [-0.4, -0.2) is 24.2 Å². The first kappa shape index (κ1) is 17.7. The van der Waals surface area contributed by atoms with Crippen molar-refractivity contribution in [1.82, 2.24) is 5.32 Å². The third kappa shape index (κ3) is 5.51. The average Bonchev–Trinajstić information content (AvgIpc) is 2.95. The second-order valence-electron chi connectivity index (χ2n) is 4.99. The number of hydrogen-bond donors (Lipinski definition) is 2. The van der Waals surface area contributed by atoms with Gasteiger partial charge in [-0.1, -0.05) is 12.1 Å². The van der Waals surface area contributed by atoms with Crippen LogP contribution in [0.1, 0.15) is 23.2 Å². The van der Waals surface area contributed by atoms with E-state index >= 15 is 0 Å². The molecule has 0 fully saturated rings. The van der Waals surface area contributed by atoms with Gasteiger partial charge in [0.05, 0.1) is 6.10 Å². The highest BCUT2D eigenvalue weighted by Gasteiger charge is 2.11. The van der Waals surface area contributed by atoms with Gasteiger partial charge in [-0.05, 0) is 42.8 Å². The maximum absolute atomic E-state index is 12.2. The van der Waals surface area contributed by atoms with Gasteiger partial charge in [0, 0.05) is 12.6 Å². The summed E-state index contributed by atoms with van der Waals surface area (Å²) in [6.07, 6.45) is 1.74. The van der Waals surface area contributed by atoms with Crippen molar-refractivity contribution in [1.29, 1.82) is 0 Å². The van der Waals surface area contributed by atoms with E-state index < -0.39 is 18.6 Å². The van der Waals surface area contributed by atoms with Gasteiger partial charge in [0.1, 0.15) is 17.3 Å². The molecule has 5 nitrogen and oxygen atoms in total. The fourth-order valence-electron chi connectivity index (χ4n) is 1.97. The second-order valence-corrected chi connectivity index (χ2v) is 4.99. The van der Waals surface area contributed by atoms with Crippen LogP contribution in [0.5, 0.6) is 5.75 Å². The number of aliphatic hydroxyl groups excluding tert-OH is 1. The van der Waals surface area contributed by atoms with Gasteiger partial charge in [-0.3, -0.25) is 4.79 Å². The van der Waals surface area contributed by atoms with Gasteiger partial charge in [-0.25, -0.2) is 0 Å². The van der Waals surface area contributed by atoms with Crippen LogP contribution >= 0.6 is 0 Å². The molecule has 0 radical (unpaired) electrons. The van der Waals surface area contributed by atoms with Crippen molar-refractivity contribution in [2.24, 2.45) is 0 Å². The Kier molecular flexibility index (Phi) is 6.08. The standard InChI is InChI=1S/C17H17F2NO4/c1-11-5-6-13(23-11)7-8-16(22)20-10-15(21)12-3-2-4-14(9-12)24-17(18)19/h2-9,15,17,21H,10H2,1H3,(H,20,22)/b8-7+. The molecule has 7 heteroatoms. The highest BCUT2D eigenvalue weighted by molar-refractivity contribution is 5.91. The first-order valence-corrected chi connectivity index (χ1v) is 7.19. The fourth-order valence-corrected chi connectivity index (χ4v) is 1.97. The number of furan rings is 1. The molecule has 1 aromatic heterocycles. The smallest absolute Gasteiger partial charge is 0.387 e. The van der Waals surface area contributed by atoms with Gasteiger partial charge in [0.25, 0.3) is 0 Å². The number of alkyl halides is 2. The van der Waals surface area contributed by atoms with Crippen molar-refractivity contribution in [2.75, 3.05) is 6.54 Å². The number of benzene rings is 1. The predicted octanol–water partition coefficient (Wildman–Crippen LogP) is 3.05. The molecule has 24 heavy (non-hydrogen) atoms. The van der Waals surface area contributed by atoms with E-state index in [1.807, 2.05) is 0 Å². The Morgan fingerprint density at radius 3 is 2.83 bits per heavy atom. The van der Waals surface area contributed by atoms with Crippen LogP contribution in [0.2, 0.25) is 0 Å². The third-order valence-electron chi connectivity index (χ3n) is 3.10. The zero-order valence-corrected chi connectivity index (χ0v) is 12.9. The lowest BCUT2D eigenvalue weighted by molar-refractivity contribution is -0.116. The van der Waals surface area contributed by atoms with Gasteiger partial charge in [0.15, 0.2) is 0 Å². The third-order valence-corrected chi connectivity index (χ3v) is 3.10. The molecule has 0 saturated heterocycles. The molecule has 1 heterocycles. The van der Waals surface area contributed by atoms with E-state index in [0.29, 0.717) is 11.3 Å². The van der Waals surface area contributed by atoms with Crippen molar-refractivity contribution in [3.8, 4) is 5.75 Å². The Morgan fingerprint density at radius 2 is 2.17 bits per heavy atom. The van der Waals surface area contributed by atoms with E-state index in [9.17, 15) is 18.7 Å². The number of carbonyl (C=O) groups is 1. The van der Waals surface area contributed by atoms with Crippen molar-refractivity contribution >= 4 is 12.0 Å². The van der Waals surface area contributed by atoms with Crippen LogP contribution in [0.4, 0.5) is 8.78 Å². The molecule has 0 saturated carbocycles. The normalized spacial score (nSPS) is 12.5. The van der Waals surface area contributed by atoms with E-state index in [4.69, 9.17) is 4.42 Å². The number of rotatable bonds is 7. The molecule has 2 rings (SSSR count). The van der Waals surface area contributed by atoms with Crippen molar-refractivity contribution in [3.05, 3.63) is 59.6 Å². The molecule has 1 amide bonds. The van der Waals surface area contributed by atoms with Crippen molar-refractivity contribution in [3.63, 3.8) is 0 Å². The van der Waals surface area contributed by atoms with Crippen LogP contribution in [0.15, 0.2) is 46.9 Å². The SMILES string of the molecule is Cc1ccc(/C=C/C(=O)NCC(O)c2cccc(OC(F)F)c2)o1. The molecule has 0 aliphatic heterocycles. The molecule has 0 aliphatic carbocycles. The maximum atomic E-state index is 12.2. The quantitative estimate of drug-likeness (QED) is 0.762. The number of hydrogen-bond acceptors (Lipinski definition) is 4. The lowest BCUT2D eigenvalue weighted by Gasteiger charge is -2.13. The molecule has 0 aliphatic rings. The Hall–Kier alpha value is -2.67. The fraction of sp³-hybridized carbons (Fsp3) is 0.235. The first-order chi connectivity index (χ1) is 11.4. The van der Waals surface area contributed by atoms with Crippen LogP contribution in [0, 0.1) is 6.92 Å². The molecule has 1 atom stereocenters. The van der Waals surface area contributed by atoms with Crippen LogP contribution in [0.25, 0.3) is 6.08 Å². The first-order valence-electron chi connectivity index (χ1n) is 7.19. The maximum Gasteiger partial charge on any atom is 0.387 e. The van der Waals surface area contributed by atoms with Crippen molar-refractivity contribution < 1.29 is 27.8 Å². The molecule has 2 aromatic rings. The summed E-state index contributed by atoms with van der Waals surface area (Å²) in [5, 5.41) is 12.5. The lowest BCUT2D eigenvalue weighted by atomic mass is 10.1. The summed E-state index contributed by atoms with van der Waals surface area (Å²) in [5.41, 5.74) is 0.360. The Balaban J connectivity index is 1.87. The average molecular weight is 337 g/mol. The summed E-state index contributed by atoms with van der Waals surface area (Å²) in [5.74, 6) is 0.806. The number of nitrogens with one attached hydrogen (secondary N) is 1. The Bertz CT molecular complexity index is 712. The van der Waals surface area contributed by atoms with Crippen LogP contribution < -0.4 is 10.1 Å². The number of halogens is 2. The van der Waals surface area contributed by atoms with Crippen molar-refractivity contribution in [2.45, 2.75) is 19.6 Å². The zero-order chi connectivity index (χ0) is 17.5. The van der Waals surface area contributed by atoms with Gasteiger partial charge in [-0.15, -0.1) is 0 Å². The number of carbonyl (C=O) groups excluding carboxylic acids is 1. The minimum atomic E-state index is -2.94. The summed E-state index contributed by atoms with van der Waals surface area (Å²) in [6, 6.07) is 9.19. The molecule has 2 N–H and O–H groups in total. The van der Waals surface area contributed by atoms with Gasteiger partial charge in [0.2, 0.25) is 5.91 Å². The number of amides is 1. The number of aliphatic hydroxyl groups is 1. The van der Waals surface area contributed by atoms with E-state index in [-0.39, 0.29) is 12.3 Å². The number of ether oxygens (including phenoxy) is 1. The minimum Gasteiger partial charge on any atom is -0.462 e. The molecule has 1 unspecified atom stereocenters. The molecular weight excluding hydrogens is 320 g/mol.